The Morgan fingerprint density at radius 2 is 1.85 bits per heavy atom. The van der Waals surface area contributed by atoms with Crippen LogP contribution in [0.1, 0.15) is 11.1 Å². The molecule has 0 atom stereocenters. The Morgan fingerprint density at radius 1 is 1.09 bits per heavy atom. The van der Waals surface area contributed by atoms with Crippen LogP contribution in [0.25, 0.3) is 11.7 Å². The zero-order chi connectivity index (χ0) is 22.9. The second-order valence-electron chi connectivity index (χ2n) is 7.58. The molecule has 2 saturated heterocycles. The van der Waals surface area contributed by atoms with E-state index in [-0.39, 0.29) is 23.8 Å². The third-order valence-electron chi connectivity index (χ3n) is 5.46. The zero-order valence-electron chi connectivity index (χ0n) is 17.4. The van der Waals surface area contributed by atoms with Crippen molar-refractivity contribution in [3.63, 3.8) is 0 Å². The van der Waals surface area contributed by atoms with Gasteiger partial charge in [0.2, 0.25) is 0 Å². The molecule has 3 aromatic rings. The Balaban J connectivity index is 1.54. The van der Waals surface area contributed by atoms with Crippen LogP contribution in [0.2, 0.25) is 0 Å². The van der Waals surface area contributed by atoms with E-state index in [0.717, 1.165) is 41.9 Å². The second-order valence-corrected chi connectivity index (χ2v) is 10.5. The number of carbonyl (C=O) groups excluding carboxylic acids is 1. The summed E-state index contributed by atoms with van der Waals surface area (Å²) >= 11 is 8.48. The van der Waals surface area contributed by atoms with E-state index >= 15 is 0 Å². The number of amides is 1. The molecule has 6 nitrogen and oxygen atoms in total. The molecular formula is C23H19FN4O2S3. The Bertz CT molecular complexity index is 1330. The number of halogens is 1. The fourth-order valence-corrected chi connectivity index (χ4v) is 5.91. The number of fused-ring (bicyclic) bond motifs is 1. The number of carbonyl (C=O) groups is 1. The summed E-state index contributed by atoms with van der Waals surface area (Å²) in [5.41, 5.74) is 1.50. The summed E-state index contributed by atoms with van der Waals surface area (Å²) in [6.45, 7) is 1.81. The van der Waals surface area contributed by atoms with E-state index in [9.17, 15) is 14.0 Å². The van der Waals surface area contributed by atoms with E-state index < -0.39 is 0 Å². The van der Waals surface area contributed by atoms with Crippen LogP contribution in [0.4, 0.5) is 10.2 Å². The van der Waals surface area contributed by atoms with Crippen LogP contribution in [0.5, 0.6) is 0 Å². The van der Waals surface area contributed by atoms with Crippen LogP contribution in [-0.2, 0) is 11.3 Å². The molecule has 2 aliphatic heterocycles. The number of aromatic nitrogens is 2. The Kier molecular flexibility index (Phi) is 6.22. The maximum atomic E-state index is 13.4. The molecule has 0 saturated carbocycles. The molecule has 168 valence electrons. The second kappa shape index (κ2) is 9.28. The van der Waals surface area contributed by atoms with Crippen LogP contribution >= 0.6 is 35.7 Å². The van der Waals surface area contributed by atoms with Gasteiger partial charge < -0.3 is 4.90 Å². The van der Waals surface area contributed by atoms with E-state index in [4.69, 9.17) is 17.2 Å². The molecule has 0 radical (unpaired) electrons. The average Bonchev–Trinajstić information content (AvgIpc) is 3.10. The number of pyridine rings is 1. The molecule has 0 N–H and O–H groups in total. The van der Waals surface area contributed by atoms with Crippen LogP contribution in [0.15, 0.2) is 58.4 Å². The van der Waals surface area contributed by atoms with Gasteiger partial charge in [0, 0.05) is 30.8 Å². The van der Waals surface area contributed by atoms with Crippen molar-refractivity contribution >= 4 is 63.5 Å². The van der Waals surface area contributed by atoms with E-state index in [0.29, 0.717) is 26.3 Å². The van der Waals surface area contributed by atoms with Gasteiger partial charge in [0.05, 0.1) is 17.0 Å². The fourth-order valence-electron chi connectivity index (χ4n) is 3.77. The molecule has 0 bridgehead atoms. The Hall–Kier alpha value is -2.69. The van der Waals surface area contributed by atoms with Crippen molar-refractivity contribution in [2.45, 2.75) is 6.54 Å². The highest BCUT2D eigenvalue weighted by Crippen LogP contribution is 2.34. The molecule has 1 amide bonds. The molecular weight excluding hydrogens is 479 g/mol. The average molecular weight is 499 g/mol. The summed E-state index contributed by atoms with van der Waals surface area (Å²) in [6, 6.07) is 11.4. The lowest BCUT2D eigenvalue weighted by Gasteiger charge is -2.28. The highest BCUT2D eigenvalue weighted by molar-refractivity contribution is 8.26. The van der Waals surface area contributed by atoms with Crippen molar-refractivity contribution in [2.24, 2.45) is 0 Å². The van der Waals surface area contributed by atoms with Gasteiger partial charge in [0.1, 0.15) is 21.6 Å². The van der Waals surface area contributed by atoms with Gasteiger partial charge in [-0.15, -0.1) is 0 Å². The molecule has 10 heteroatoms. The van der Waals surface area contributed by atoms with Gasteiger partial charge in [0.25, 0.3) is 11.5 Å². The maximum Gasteiger partial charge on any atom is 0.267 e. The molecule has 0 spiro atoms. The van der Waals surface area contributed by atoms with E-state index in [1.54, 1.807) is 36.5 Å². The quantitative estimate of drug-likeness (QED) is 0.401. The summed E-state index contributed by atoms with van der Waals surface area (Å²) in [4.78, 5) is 35.3. The number of thiocarbonyl (C=S) groups is 1. The van der Waals surface area contributed by atoms with Crippen molar-refractivity contribution in [3.8, 4) is 0 Å². The first kappa shape index (κ1) is 22.1. The van der Waals surface area contributed by atoms with Gasteiger partial charge in [-0.25, -0.2) is 9.37 Å². The van der Waals surface area contributed by atoms with Gasteiger partial charge in [-0.05, 0) is 35.9 Å². The lowest BCUT2D eigenvalue weighted by molar-refractivity contribution is -0.122. The first-order valence-corrected chi connectivity index (χ1v) is 12.7. The maximum absolute atomic E-state index is 13.4. The van der Waals surface area contributed by atoms with Crippen LogP contribution in [0.3, 0.4) is 0 Å². The summed E-state index contributed by atoms with van der Waals surface area (Å²) in [5, 5.41) is 0. The van der Waals surface area contributed by atoms with Crippen molar-refractivity contribution in [1.82, 2.24) is 14.3 Å². The molecule has 2 aromatic heterocycles. The summed E-state index contributed by atoms with van der Waals surface area (Å²) in [6.07, 6.45) is 3.30. The van der Waals surface area contributed by atoms with Gasteiger partial charge in [0.15, 0.2) is 0 Å². The molecule has 2 fully saturated rings. The van der Waals surface area contributed by atoms with E-state index in [1.807, 2.05) is 17.8 Å². The standard InChI is InChI=1S/C23H19FN4O2S3/c24-16-6-4-15(5-7-16)14-28-22(30)18(33-23(28)31)13-17-20(26-9-11-32-12-10-26)25-19-3-1-2-8-27(19)21(17)29/h1-8,13H,9-12,14H2. The van der Waals surface area contributed by atoms with Crippen LogP contribution < -0.4 is 10.5 Å². The predicted octanol–water partition coefficient (Wildman–Crippen LogP) is 3.79. The first-order chi connectivity index (χ1) is 16.0. The smallest absolute Gasteiger partial charge is 0.267 e. The van der Waals surface area contributed by atoms with Crippen LogP contribution in [0, 0.1) is 5.82 Å². The number of anilines is 1. The van der Waals surface area contributed by atoms with Crippen molar-refractivity contribution in [2.75, 3.05) is 29.5 Å². The number of hydrogen-bond donors (Lipinski definition) is 0. The SMILES string of the molecule is O=C1C(=Cc2c(N3CCSCC3)nc3ccccn3c2=O)SC(=S)N1Cc1ccc(F)cc1. The van der Waals surface area contributed by atoms with E-state index in [1.165, 1.54) is 21.4 Å². The highest BCUT2D eigenvalue weighted by atomic mass is 32.2. The summed E-state index contributed by atoms with van der Waals surface area (Å²) in [5.74, 6) is 1.89. The molecule has 0 unspecified atom stereocenters. The van der Waals surface area contributed by atoms with Crippen molar-refractivity contribution in [3.05, 3.63) is 80.9 Å². The summed E-state index contributed by atoms with van der Waals surface area (Å²) in [7, 11) is 0. The number of thioether (sulfide) groups is 2. The van der Waals surface area contributed by atoms with E-state index in [2.05, 4.69) is 4.90 Å². The normalized spacial score (nSPS) is 18.0. The molecule has 2 aliphatic rings. The Labute approximate surface area is 203 Å². The molecule has 5 rings (SSSR count). The number of nitrogens with zero attached hydrogens (tertiary/aromatic N) is 4. The molecule has 4 heterocycles. The number of benzene rings is 1. The van der Waals surface area contributed by atoms with Gasteiger partial charge in [-0.1, -0.05) is 42.2 Å². The summed E-state index contributed by atoms with van der Waals surface area (Å²) < 4.78 is 15.1. The minimum atomic E-state index is -0.336. The lowest BCUT2D eigenvalue weighted by atomic mass is 10.2. The van der Waals surface area contributed by atoms with Gasteiger partial charge in [-0.3, -0.25) is 18.9 Å². The third-order valence-corrected chi connectivity index (χ3v) is 7.78. The minimum Gasteiger partial charge on any atom is -0.354 e. The monoisotopic (exact) mass is 498 g/mol. The Morgan fingerprint density at radius 3 is 2.61 bits per heavy atom. The largest absolute Gasteiger partial charge is 0.354 e. The molecule has 33 heavy (non-hydrogen) atoms. The fraction of sp³-hybridized carbons (Fsp3) is 0.217. The zero-order valence-corrected chi connectivity index (χ0v) is 19.9. The van der Waals surface area contributed by atoms with Gasteiger partial charge in [-0.2, -0.15) is 11.8 Å². The van der Waals surface area contributed by atoms with Gasteiger partial charge >= 0.3 is 0 Å². The first-order valence-electron chi connectivity index (χ1n) is 10.4. The molecule has 1 aromatic carbocycles. The topological polar surface area (TPSA) is 57.9 Å². The highest BCUT2D eigenvalue weighted by Gasteiger charge is 2.33. The molecule has 0 aliphatic carbocycles. The van der Waals surface area contributed by atoms with Crippen LogP contribution in [-0.4, -0.2) is 49.1 Å². The van der Waals surface area contributed by atoms with Crippen molar-refractivity contribution in [1.29, 1.82) is 0 Å². The third kappa shape index (κ3) is 4.42. The van der Waals surface area contributed by atoms with Crippen molar-refractivity contribution < 1.29 is 9.18 Å². The minimum absolute atomic E-state index is 0.224. The number of rotatable bonds is 4. The lowest BCUT2D eigenvalue weighted by Crippen LogP contribution is -2.35. The number of hydrogen-bond acceptors (Lipinski definition) is 7. The predicted molar refractivity (Wildman–Crippen MR) is 136 cm³/mol.